The van der Waals surface area contributed by atoms with Gasteiger partial charge in [-0.1, -0.05) is 17.8 Å². The molecule has 0 amide bonds. The van der Waals surface area contributed by atoms with E-state index < -0.39 is 11.2 Å². The normalized spacial score (nSPS) is 10.7. The number of hydrogen-bond acceptors (Lipinski definition) is 9. The van der Waals surface area contributed by atoms with Crippen molar-refractivity contribution >= 4 is 11.8 Å². The quantitative estimate of drug-likeness (QED) is 0.379. The van der Waals surface area contributed by atoms with Gasteiger partial charge in [-0.15, -0.1) is 10.2 Å². The molecule has 0 spiro atoms. The minimum atomic E-state index is -0.506. The summed E-state index contributed by atoms with van der Waals surface area (Å²) in [4.78, 5) is 11.4. The second-order valence-electron chi connectivity index (χ2n) is 5.03. The summed E-state index contributed by atoms with van der Waals surface area (Å²) in [5, 5.41) is 36.3. The first kappa shape index (κ1) is 16.7. The number of thioether (sulfide) groups is 1. The van der Waals surface area contributed by atoms with Crippen LogP contribution in [0.15, 0.2) is 51.2 Å². The van der Waals surface area contributed by atoms with E-state index in [2.05, 4.69) is 15.6 Å². The summed E-state index contributed by atoms with van der Waals surface area (Å²) >= 11 is 1.29. The molecule has 0 aliphatic heterocycles. The van der Waals surface area contributed by atoms with Crippen LogP contribution in [0.5, 0.6) is 17.2 Å². The second-order valence-corrected chi connectivity index (χ2v) is 5.97. The molecule has 0 fully saturated rings. The maximum atomic E-state index is 11.4. The van der Waals surface area contributed by atoms with E-state index in [-0.39, 0.29) is 11.5 Å². The smallest absolute Gasteiger partial charge is 0.226 e. The molecule has 0 saturated carbocycles. The Hall–Kier alpha value is -3.14. The molecule has 10 heteroatoms. The highest BCUT2D eigenvalue weighted by atomic mass is 32.2. The summed E-state index contributed by atoms with van der Waals surface area (Å²) in [5.41, 5.74) is 3.31. The Kier molecular flexibility index (Phi) is 4.80. The van der Waals surface area contributed by atoms with Gasteiger partial charge >= 0.3 is 0 Å². The van der Waals surface area contributed by atoms with Gasteiger partial charge in [0.15, 0.2) is 17.2 Å². The highest BCUT2D eigenvalue weighted by Gasteiger charge is 2.09. The predicted octanol–water partition coefficient (Wildman–Crippen LogP) is 1.38. The van der Waals surface area contributed by atoms with E-state index in [0.717, 1.165) is 11.8 Å². The number of phenols is 2. The van der Waals surface area contributed by atoms with E-state index >= 15 is 0 Å². The van der Waals surface area contributed by atoms with Gasteiger partial charge in [0.1, 0.15) is 18.4 Å². The summed E-state index contributed by atoms with van der Waals surface area (Å²) in [6.07, 6.45) is 2.48. The van der Waals surface area contributed by atoms with Crippen molar-refractivity contribution in [2.75, 3.05) is 5.43 Å². The van der Waals surface area contributed by atoms with E-state index in [0.29, 0.717) is 23.2 Å². The number of nitrogens with one attached hydrogen (secondary N) is 1. The third-order valence-electron chi connectivity index (χ3n) is 3.22. The lowest BCUT2D eigenvalue weighted by Crippen LogP contribution is -2.14. The molecule has 0 aliphatic carbocycles. The molecule has 9 nitrogen and oxygen atoms in total. The van der Waals surface area contributed by atoms with Crippen molar-refractivity contribution in [2.24, 2.45) is 0 Å². The molecule has 4 N–H and O–H groups in total. The monoisotopic (exact) mass is 362 g/mol. The van der Waals surface area contributed by atoms with E-state index in [1.165, 1.54) is 36.3 Å². The van der Waals surface area contributed by atoms with Crippen molar-refractivity contribution in [1.29, 1.82) is 0 Å². The van der Waals surface area contributed by atoms with Crippen molar-refractivity contribution < 1.29 is 19.7 Å². The average Bonchev–Trinajstić information content (AvgIpc) is 3.04. The third-order valence-corrected chi connectivity index (χ3v) is 4.19. The van der Waals surface area contributed by atoms with Gasteiger partial charge in [-0.25, -0.2) is 4.68 Å². The average molecular weight is 362 g/mol. The van der Waals surface area contributed by atoms with E-state index in [9.17, 15) is 20.1 Å². The molecule has 25 heavy (non-hydrogen) atoms. The largest absolute Gasteiger partial charge is 0.504 e. The van der Waals surface area contributed by atoms with Gasteiger partial charge in [0, 0.05) is 6.07 Å². The van der Waals surface area contributed by atoms with Crippen molar-refractivity contribution in [2.45, 2.75) is 17.5 Å². The summed E-state index contributed by atoms with van der Waals surface area (Å²) in [6, 6.07) is 5.74. The molecule has 0 saturated heterocycles. The molecule has 1 aromatic carbocycles. The van der Waals surface area contributed by atoms with Gasteiger partial charge in [0.25, 0.3) is 0 Å². The topological polar surface area (TPSA) is 134 Å². The standard InChI is InChI=1S/C15H14N4O5S/c20-11-2-1-9(3-12(11)21)5-17-19-8-16-18-15(19)25-7-10-4-13(22)14(23)6-24-10/h1-4,6,8,17,20-21,23H,5,7H2. The zero-order valence-corrected chi connectivity index (χ0v) is 13.6. The maximum absolute atomic E-state index is 11.4. The Balaban J connectivity index is 1.63. The van der Waals surface area contributed by atoms with Crippen LogP contribution >= 0.6 is 11.8 Å². The summed E-state index contributed by atoms with van der Waals surface area (Å²) < 4.78 is 6.72. The van der Waals surface area contributed by atoms with Crippen molar-refractivity contribution in [3.8, 4) is 17.2 Å². The predicted molar refractivity (Wildman–Crippen MR) is 89.1 cm³/mol. The Morgan fingerprint density at radius 1 is 1.16 bits per heavy atom. The first-order valence-corrected chi connectivity index (χ1v) is 8.10. The minimum Gasteiger partial charge on any atom is -0.504 e. The number of aromatic hydroxyl groups is 3. The Labute approximate surface area is 145 Å². The number of hydrogen-bond donors (Lipinski definition) is 4. The number of phenolic OH excluding ortho intramolecular Hbond substituents is 2. The fourth-order valence-electron chi connectivity index (χ4n) is 1.94. The zero-order valence-electron chi connectivity index (χ0n) is 12.8. The van der Waals surface area contributed by atoms with Crippen LogP contribution in [0.4, 0.5) is 0 Å². The van der Waals surface area contributed by atoms with Crippen LogP contribution in [0.2, 0.25) is 0 Å². The lowest BCUT2D eigenvalue weighted by Gasteiger charge is -2.10. The number of rotatable bonds is 6. The molecule has 3 rings (SSSR count). The van der Waals surface area contributed by atoms with Gasteiger partial charge in [-0.3, -0.25) is 4.79 Å². The summed E-state index contributed by atoms with van der Waals surface area (Å²) in [6.45, 7) is 0.369. The molecule has 0 atom stereocenters. The summed E-state index contributed by atoms with van der Waals surface area (Å²) in [5.74, 6) is -0.0863. The van der Waals surface area contributed by atoms with Gasteiger partial charge in [-0.2, -0.15) is 0 Å². The van der Waals surface area contributed by atoms with Crippen LogP contribution in [0.1, 0.15) is 11.3 Å². The summed E-state index contributed by atoms with van der Waals surface area (Å²) in [7, 11) is 0. The highest BCUT2D eigenvalue weighted by Crippen LogP contribution is 2.25. The van der Waals surface area contributed by atoms with Crippen LogP contribution in [0.25, 0.3) is 0 Å². The zero-order chi connectivity index (χ0) is 17.8. The van der Waals surface area contributed by atoms with E-state index in [4.69, 9.17) is 4.42 Å². The fourth-order valence-corrected chi connectivity index (χ4v) is 2.72. The molecule has 0 unspecified atom stereocenters. The fraction of sp³-hybridized carbons (Fsp3) is 0.133. The molecular weight excluding hydrogens is 348 g/mol. The van der Waals surface area contributed by atoms with Gasteiger partial charge in [0.05, 0.1) is 12.3 Å². The molecule has 0 aliphatic rings. The molecule has 2 aromatic heterocycles. The number of aromatic nitrogens is 3. The second kappa shape index (κ2) is 7.18. The minimum absolute atomic E-state index is 0.181. The highest BCUT2D eigenvalue weighted by molar-refractivity contribution is 7.98. The van der Waals surface area contributed by atoms with Crippen LogP contribution in [0.3, 0.4) is 0 Å². The SMILES string of the molecule is O=c1cc(CSc2nncn2NCc2ccc(O)c(O)c2)occ1O. The van der Waals surface area contributed by atoms with E-state index in [1.807, 2.05) is 0 Å². The van der Waals surface area contributed by atoms with Crippen LogP contribution in [0, 0.1) is 0 Å². The van der Waals surface area contributed by atoms with Crippen LogP contribution < -0.4 is 10.9 Å². The van der Waals surface area contributed by atoms with Gasteiger partial charge in [0.2, 0.25) is 10.6 Å². The van der Waals surface area contributed by atoms with Crippen molar-refractivity contribution in [1.82, 2.24) is 14.9 Å². The Morgan fingerprint density at radius 3 is 2.76 bits per heavy atom. The van der Waals surface area contributed by atoms with Crippen LogP contribution in [-0.2, 0) is 12.3 Å². The molecule has 2 heterocycles. The molecule has 0 bridgehead atoms. The molecule has 3 aromatic rings. The van der Waals surface area contributed by atoms with Gasteiger partial charge in [-0.05, 0) is 17.7 Å². The molecule has 0 radical (unpaired) electrons. The molecular formula is C15H14N4O5S. The van der Waals surface area contributed by atoms with Gasteiger partial charge < -0.3 is 25.2 Å². The van der Waals surface area contributed by atoms with Crippen LogP contribution in [-0.4, -0.2) is 30.2 Å². The van der Waals surface area contributed by atoms with Crippen molar-refractivity contribution in [3.63, 3.8) is 0 Å². The van der Waals surface area contributed by atoms with E-state index in [1.54, 1.807) is 10.7 Å². The first-order valence-electron chi connectivity index (χ1n) is 7.11. The maximum Gasteiger partial charge on any atom is 0.226 e. The number of nitrogens with zero attached hydrogens (tertiary/aromatic N) is 3. The Morgan fingerprint density at radius 2 is 2.00 bits per heavy atom. The number of benzene rings is 1. The molecule has 130 valence electrons. The lowest BCUT2D eigenvalue weighted by atomic mass is 10.2. The third kappa shape index (κ3) is 4.04. The first-order chi connectivity index (χ1) is 12.0. The Bertz CT molecular complexity index is 940. The lowest BCUT2D eigenvalue weighted by molar-refractivity contribution is 0.403. The van der Waals surface area contributed by atoms with Crippen molar-refractivity contribution in [3.05, 3.63) is 58.4 Å².